The fourth-order valence-corrected chi connectivity index (χ4v) is 6.15. The summed E-state index contributed by atoms with van der Waals surface area (Å²) in [4.78, 5) is 37.0. The third kappa shape index (κ3) is 6.31. The lowest BCUT2D eigenvalue weighted by Crippen LogP contribution is -2.70. The molecular formula is C13H13F3N6O7S4. The van der Waals surface area contributed by atoms with Crippen molar-refractivity contribution in [2.24, 2.45) is 0 Å². The number of carboxylic acid groups (broad SMARTS) is 1. The molecule has 33 heavy (non-hydrogen) atoms. The van der Waals surface area contributed by atoms with Gasteiger partial charge < -0.3 is 10.4 Å². The minimum atomic E-state index is -4.61. The van der Waals surface area contributed by atoms with E-state index in [0.717, 1.165) is 33.1 Å². The van der Waals surface area contributed by atoms with Crippen LogP contribution in [0, 0.1) is 0 Å². The highest BCUT2D eigenvalue weighted by Crippen LogP contribution is 2.41. The van der Waals surface area contributed by atoms with Gasteiger partial charge in [-0.3, -0.25) is 19.0 Å². The van der Waals surface area contributed by atoms with E-state index in [-0.39, 0.29) is 27.9 Å². The van der Waals surface area contributed by atoms with E-state index in [1.54, 1.807) is 0 Å². The molecule has 0 saturated carbocycles. The number of amides is 2. The van der Waals surface area contributed by atoms with Crippen LogP contribution in [-0.4, -0.2) is 95.2 Å². The van der Waals surface area contributed by atoms with Gasteiger partial charge in [0.25, 0.3) is 16.0 Å². The zero-order valence-electron chi connectivity index (χ0n) is 15.9. The summed E-state index contributed by atoms with van der Waals surface area (Å²) in [5.74, 6) is -5.02. The number of alkyl halides is 3. The van der Waals surface area contributed by atoms with Crippen molar-refractivity contribution in [1.29, 1.82) is 0 Å². The highest BCUT2D eigenvalue weighted by atomic mass is 32.2. The topological polar surface area (TPSA) is 185 Å². The number of halogens is 3. The number of β-lactam (4-membered cyclic amide) rings is 1. The predicted octanol–water partition coefficient (Wildman–Crippen LogP) is -0.398. The molecule has 2 unspecified atom stereocenters. The standard InChI is InChI=1S/C13H13F3N6O7S4/c14-13(15,16)32-3-6(23)17-7-9(24)22-8(11(25)26)5(1-30-10(7)22)2-31-12-18-19-20-21(12)4-33(27,28)29/h7,10H,1-4H2,(H,17,23)(H,25,26)(H,27,28,29). The molecule has 1 aromatic rings. The van der Waals surface area contributed by atoms with Crippen molar-refractivity contribution >= 4 is 63.2 Å². The van der Waals surface area contributed by atoms with E-state index in [1.165, 1.54) is 0 Å². The van der Waals surface area contributed by atoms with E-state index < -0.39 is 68.2 Å². The molecule has 2 aliphatic heterocycles. The molecule has 2 aliphatic rings. The van der Waals surface area contributed by atoms with Crippen molar-refractivity contribution in [2.45, 2.75) is 28.0 Å². The van der Waals surface area contributed by atoms with Gasteiger partial charge in [-0.1, -0.05) is 11.8 Å². The van der Waals surface area contributed by atoms with Crippen molar-refractivity contribution in [3.8, 4) is 0 Å². The molecule has 2 atom stereocenters. The van der Waals surface area contributed by atoms with Gasteiger partial charge in [0, 0.05) is 11.5 Å². The Morgan fingerprint density at radius 3 is 2.64 bits per heavy atom. The van der Waals surface area contributed by atoms with Gasteiger partial charge in [0.1, 0.15) is 17.1 Å². The van der Waals surface area contributed by atoms with E-state index in [0.29, 0.717) is 0 Å². The Balaban J connectivity index is 1.69. The van der Waals surface area contributed by atoms with Crippen molar-refractivity contribution in [3.63, 3.8) is 0 Å². The normalized spacial score (nSPS) is 21.0. The maximum Gasteiger partial charge on any atom is 0.442 e. The van der Waals surface area contributed by atoms with E-state index in [2.05, 4.69) is 20.8 Å². The first kappa shape index (κ1) is 25.6. The molecule has 3 rings (SSSR count). The first-order valence-electron chi connectivity index (χ1n) is 8.51. The molecule has 0 aromatic carbocycles. The lowest BCUT2D eigenvalue weighted by Gasteiger charge is -2.49. The van der Waals surface area contributed by atoms with Crippen LogP contribution in [-0.2, 0) is 30.4 Å². The van der Waals surface area contributed by atoms with Crippen LogP contribution < -0.4 is 5.32 Å². The summed E-state index contributed by atoms with van der Waals surface area (Å²) in [7, 11) is -4.43. The summed E-state index contributed by atoms with van der Waals surface area (Å²) in [6.45, 7) is 0. The first-order chi connectivity index (χ1) is 15.3. The molecular weight excluding hydrogens is 537 g/mol. The number of tetrazole rings is 1. The van der Waals surface area contributed by atoms with Crippen LogP contribution in [0.1, 0.15) is 0 Å². The van der Waals surface area contributed by atoms with Crippen molar-refractivity contribution < 1.29 is 45.6 Å². The Morgan fingerprint density at radius 1 is 1.33 bits per heavy atom. The number of hydrogen-bond donors (Lipinski definition) is 3. The Labute approximate surface area is 195 Å². The number of nitrogens with zero attached hydrogens (tertiary/aromatic N) is 5. The molecule has 0 bridgehead atoms. The van der Waals surface area contributed by atoms with Crippen molar-refractivity contribution in [3.05, 3.63) is 11.3 Å². The quantitative estimate of drug-likeness (QED) is 0.205. The second-order valence-corrected chi connectivity index (χ2v) is 10.9. The molecule has 182 valence electrons. The summed E-state index contributed by atoms with van der Waals surface area (Å²) >= 11 is 1.42. The summed E-state index contributed by atoms with van der Waals surface area (Å²) in [5.41, 5.74) is -4.68. The number of hydrogen-bond acceptors (Lipinski definition) is 11. The minimum Gasteiger partial charge on any atom is -0.477 e. The van der Waals surface area contributed by atoms with Crippen LogP contribution in [0.4, 0.5) is 13.2 Å². The van der Waals surface area contributed by atoms with Crippen molar-refractivity contribution in [2.75, 3.05) is 17.3 Å². The molecule has 20 heteroatoms. The van der Waals surface area contributed by atoms with Crippen molar-refractivity contribution in [1.82, 2.24) is 30.4 Å². The average Bonchev–Trinajstić information content (AvgIpc) is 3.12. The lowest BCUT2D eigenvalue weighted by molar-refractivity contribution is -0.150. The number of fused-ring (bicyclic) bond motifs is 1. The summed E-state index contributed by atoms with van der Waals surface area (Å²) < 4.78 is 68.5. The van der Waals surface area contributed by atoms with Crippen LogP contribution in [0.25, 0.3) is 0 Å². The molecule has 0 radical (unpaired) electrons. The number of rotatable bonds is 9. The smallest absolute Gasteiger partial charge is 0.442 e. The number of carbonyl (C=O) groups excluding carboxylic acids is 2. The number of carbonyl (C=O) groups is 3. The highest BCUT2D eigenvalue weighted by Gasteiger charge is 2.54. The molecule has 1 aromatic heterocycles. The minimum absolute atomic E-state index is 0.0285. The first-order valence-corrected chi connectivity index (χ1v) is 13.1. The molecule has 1 saturated heterocycles. The van der Waals surface area contributed by atoms with E-state index in [4.69, 9.17) is 4.55 Å². The maximum absolute atomic E-state index is 12.5. The summed E-state index contributed by atoms with van der Waals surface area (Å²) in [6, 6.07) is -1.16. The molecule has 3 N–H and O–H groups in total. The van der Waals surface area contributed by atoms with Crippen LogP contribution >= 0.6 is 35.3 Å². The van der Waals surface area contributed by atoms with E-state index >= 15 is 0 Å². The molecule has 0 spiro atoms. The summed E-state index contributed by atoms with van der Waals surface area (Å²) in [6.07, 6.45) is 0. The van der Waals surface area contributed by atoms with Gasteiger partial charge in [0.05, 0.1) is 5.75 Å². The molecule has 3 heterocycles. The van der Waals surface area contributed by atoms with Gasteiger partial charge in [-0.2, -0.15) is 21.6 Å². The molecule has 1 fully saturated rings. The highest BCUT2D eigenvalue weighted by molar-refractivity contribution is 8.01. The lowest BCUT2D eigenvalue weighted by atomic mass is 10.0. The van der Waals surface area contributed by atoms with Crippen LogP contribution in [0.2, 0.25) is 0 Å². The number of thioether (sulfide) groups is 3. The zero-order chi connectivity index (χ0) is 24.6. The average molecular weight is 551 g/mol. The number of carboxylic acids is 1. The fourth-order valence-electron chi connectivity index (χ4n) is 2.84. The third-order valence-corrected chi connectivity index (χ3v) is 7.78. The third-order valence-electron chi connectivity index (χ3n) is 4.09. The predicted molar refractivity (Wildman–Crippen MR) is 108 cm³/mol. The van der Waals surface area contributed by atoms with Crippen LogP contribution in [0.3, 0.4) is 0 Å². The van der Waals surface area contributed by atoms with E-state index in [9.17, 15) is 41.1 Å². The fraction of sp³-hybridized carbons (Fsp3) is 0.538. The van der Waals surface area contributed by atoms with Gasteiger partial charge in [0.2, 0.25) is 11.1 Å². The van der Waals surface area contributed by atoms with Crippen LogP contribution in [0.5, 0.6) is 0 Å². The van der Waals surface area contributed by atoms with Gasteiger partial charge in [-0.05, 0) is 27.8 Å². The van der Waals surface area contributed by atoms with Crippen LogP contribution in [0.15, 0.2) is 16.4 Å². The van der Waals surface area contributed by atoms with Gasteiger partial charge >= 0.3 is 11.5 Å². The Morgan fingerprint density at radius 2 is 2.03 bits per heavy atom. The zero-order valence-corrected chi connectivity index (χ0v) is 19.2. The second kappa shape index (κ2) is 9.68. The number of aromatic nitrogens is 4. The monoisotopic (exact) mass is 550 g/mol. The number of aliphatic carboxylic acids is 1. The van der Waals surface area contributed by atoms with Gasteiger partial charge in [0.15, 0.2) is 5.88 Å². The van der Waals surface area contributed by atoms with E-state index in [1.807, 2.05) is 0 Å². The number of nitrogens with one attached hydrogen (secondary N) is 1. The Bertz CT molecular complexity index is 1110. The molecule has 2 amide bonds. The maximum atomic E-state index is 12.5. The molecule has 0 aliphatic carbocycles. The Kier molecular flexibility index (Phi) is 7.51. The second-order valence-electron chi connectivity index (χ2n) is 6.41. The largest absolute Gasteiger partial charge is 0.477 e. The Hall–Kier alpha value is -2.03. The van der Waals surface area contributed by atoms with Gasteiger partial charge in [-0.25, -0.2) is 9.48 Å². The molecule has 13 nitrogen and oxygen atoms in total. The SMILES string of the molecule is O=C(CSC(F)(F)F)NC1C(=O)N2C(C(=O)O)=C(CSc3nnnn3CS(=O)(=O)O)CSC12. The summed E-state index contributed by atoms with van der Waals surface area (Å²) in [5, 5.41) is 21.3. The van der Waals surface area contributed by atoms with Gasteiger partial charge in [-0.15, -0.1) is 16.9 Å².